The van der Waals surface area contributed by atoms with Gasteiger partial charge in [0.2, 0.25) is 5.91 Å². The second-order valence-electron chi connectivity index (χ2n) is 5.23. The van der Waals surface area contributed by atoms with Crippen LogP contribution >= 0.6 is 0 Å². The van der Waals surface area contributed by atoms with Crippen LogP contribution in [0.25, 0.3) is 0 Å². The average Bonchev–Trinajstić information content (AvgIpc) is 2.38. The summed E-state index contributed by atoms with van der Waals surface area (Å²) in [5.74, 6) is -0.263. The van der Waals surface area contributed by atoms with E-state index in [1.165, 1.54) is 58.3 Å². The van der Waals surface area contributed by atoms with E-state index >= 15 is 0 Å². The monoisotopic (exact) mass is 385 g/mol. The molecule has 0 unspecified atom stereocenters. The fraction of sp³-hybridized carbons (Fsp3) is 0.929. The zero-order valence-corrected chi connectivity index (χ0v) is 20.4. The van der Waals surface area contributed by atoms with Crippen molar-refractivity contribution in [3.63, 3.8) is 0 Å². The summed E-state index contributed by atoms with van der Waals surface area (Å²) in [5, 5.41) is 9.94. The van der Waals surface area contributed by atoms with E-state index in [-0.39, 0.29) is 65.0 Å². The molecule has 0 heterocycles. The topological polar surface area (TPSA) is 121 Å². The van der Waals surface area contributed by atoms with Crippen LogP contribution in [0.15, 0.2) is 0 Å². The molecule has 0 aromatic rings. The van der Waals surface area contributed by atoms with Crippen molar-refractivity contribution < 1.29 is 86.6 Å². The third kappa shape index (κ3) is 38.7. The fourth-order valence-corrected chi connectivity index (χ4v) is 1.91. The zero-order valence-electron chi connectivity index (χ0n) is 15.6. The van der Waals surface area contributed by atoms with Gasteiger partial charge in [0.1, 0.15) is 0 Å². The molecule has 1 N–H and O–H groups in total. The molecule has 0 atom stereocenters. The van der Waals surface area contributed by atoms with Gasteiger partial charge in [-0.2, -0.15) is 0 Å². The Kier molecular flexibility index (Phi) is 30.7. The first-order chi connectivity index (χ1) is 10.2. The Morgan fingerprint density at radius 2 is 1.17 bits per heavy atom. The SMILES string of the molecule is CCCCCCCCCCCCN(O)C(C)=O.O=S(=O)([O-])[O-].[Na+].[Na+]. The van der Waals surface area contributed by atoms with E-state index in [0.29, 0.717) is 6.54 Å². The van der Waals surface area contributed by atoms with Crippen LogP contribution in [0.1, 0.15) is 78.1 Å². The summed E-state index contributed by atoms with van der Waals surface area (Å²) in [6.07, 6.45) is 12.7. The summed E-state index contributed by atoms with van der Waals surface area (Å²) < 4.78 is 34.1. The Morgan fingerprint density at radius 1 is 0.875 bits per heavy atom. The van der Waals surface area contributed by atoms with E-state index in [2.05, 4.69) is 6.92 Å². The molecule has 0 rings (SSSR count). The Hall–Kier alpha value is 1.30. The molecule has 0 aliphatic rings. The molecule has 0 saturated carbocycles. The number of carbonyl (C=O) groups is 1. The number of hydroxylamine groups is 2. The van der Waals surface area contributed by atoms with E-state index in [1.54, 1.807) is 0 Å². The van der Waals surface area contributed by atoms with Gasteiger partial charge in [0.25, 0.3) is 0 Å². The molecule has 0 bridgehead atoms. The number of nitrogens with zero attached hydrogens (tertiary/aromatic N) is 1. The maximum atomic E-state index is 10.7. The van der Waals surface area contributed by atoms with Crippen molar-refractivity contribution in [2.75, 3.05) is 6.54 Å². The van der Waals surface area contributed by atoms with Crippen molar-refractivity contribution in [3.8, 4) is 0 Å². The average molecular weight is 385 g/mol. The zero-order chi connectivity index (χ0) is 17.4. The van der Waals surface area contributed by atoms with Crippen LogP contribution in [0.2, 0.25) is 0 Å². The van der Waals surface area contributed by atoms with Crippen LogP contribution in [-0.4, -0.2) is 40.2 Å². The van der Waals surface area contributed by atoms with Gasteiger partial charge in [-0.3, -0.25) is 18.4 Å². The molecular formula is C14H29NNa2O6S. The van der Waals surface area contributed by atoms with Gasteiger partial charge in [0.15, 0.2) is 0 Å². The summed E-state index contributed by atoms with van der Waals surface area (Å²) in [6.45, 7) is 4.10. The standard InChI is InChI=1S/C14H29NO2.2Na.H2O4S/c1-3-4-5-6-7-8-9-10-11-12-13-15(17)14(2)16;;;1-5(2,3)4/h17H,3-13H2,1-2H3;;;(H2,1,2,3,4)/q;2*+1;/p-2. The van der Waals surface area contributed by atoms with Crippen molar-refractivity contribution in [2.45, 2.75) is 78.1 Å². The Morgan fingerprint density at radius 3 is 1.46 bits per heavy atom. The van der Waals surface area contributed by atoms with Gasteiger partial charge in [0, 0.05) is 23.9 Å². The predicted octanol–water partition coefficient (Wildman–Crippen LogP) is -3.18. The van der Waals surface area contributed by atoms with Crippen LogP contribution in [-0.2, 0) is 15.2 Å². The summed E-state index contributed by atoms with van der Waals surface area (Å²) in [6, 6.07) is 0. The number of rotatable bonds is 11. The first-order valence-electron chi connectivity index (χ1n) is 7.82. The molecule has 134 valence electrons. The minimum Gasteiger partial charge on any atom is -0.759 e. The maximum Gasteiger partial charge on any atom is 1.00 e. The van der Waals surface area contributed by atoms with Gasteiger partial charge in [-0.15, -0.1) is 0 Å². The number of unbranched alkanes of at least 4 members (excludes halogenated alkanes) is 9. The van der Waals surface area contributed by atoms with Crippen LogP contribution in [0.4, 0.5) is 0 Å². The molecule has 7 nitrogen and oxygen atoms in total. The van der Waals surface area contributed by atoms with Gasteiger partial charge in [0.05, 0.1) is 0 Å². The quantitative estimate of drug-likeness (QED) is 0.0999. The first kappa shape index (κ1) is 32.9. The first-order valence-corrected chi connectivity index (χ1v) is 9.15. The maximum absolute atomic E-state index is 10.7. The van der Waals surface area contributed by atoms with Gasteiger partial charge >= 0.3 is 59.1 Å². The van der Waals surface area contributed by atoms with Crippen molar-refractivity contribution in [1.29, 1.82) is 0 Å². The van der Waals surface area contributed by atoms with Crippen molar-refractivity contribution in [3.05, 3.63) is 0 Å². The van der Waals surface area contributed by atoms with Gasteiger partial charge < -0.3 is 9.11 Å². The molecule has 24 heavy (non-hydrogen) atoms. The minimum absolute atomic E-state index is 0. The molecule has 0 spiro atoms. The van der Waals surface area contributed by atoms with Gasteiger partial charge in [-0.25, -0.2) is 5.06 Å². The number of amides is 1. The molecular weight excluding hydrogens is 356 g/mol. The molecule has 0 aromatic carbocycles. The molecule has 0 aromatic heterocycles. The molecule has 0 radical (unpaired) electrons. The molecule has 0 aliphatic heterocycles. The predicted molar refractivity (Wildman–Crippen MR) is 81.5 cm³/mol. The Balaban J connectivity index is -0.000000250. The third-order valence-electron chi connectivity index (χ3n) is 3.09. The summed E-state index contributed by atoms with van der Waals surface area (Å²) in [5.41, 5.74) is 0. The number of carbonyl (C=O) groups excluding carboxylic acids is 1. The van der Waals surface area contributed by atoms with Crippen LogP contribution < -0.4 is 59.1 Å². The van der Waals surface area contributed by atoms with E-state index in [9.17, 15) is 4.79 Å². The summed E-state index contributed by atoms with van der Waals surface area (Å²) in [7, 11) is -5.17. The molecule has 10 heteroatoms. The third-order valence-corrected chi connectivity index (χ3v) is 3.09. The van der Waals surface area contributed by atoms with Crippen LogP contribution in [0.3, 0.4) is 0 Å². The fourth-order valence-electron chi connectivity index (χ4n) is 1.91. The normalized spacial score (nSPS) is 9.88. The van der Waals surface area contributed by atoms with E-state index in [0.717, 1.165) is 17.9 Å². The largest absolute Gasteiger partial charge is 1.00 e. The van der Waals surface area contributed by atoms with E-state index in [4.69, 9.17) is 22.7 Å². The second kappa shape index (κ2) is 22.3. The van der Waals surface area contributed by atoms with Crippen molar-refractivity contribution in [1.82, 2.24) is 5.06 Å². The van der Waals surface area contributed by atoms with Gasteiger partial charge in [-0.1, -0.05) is 64.7 Å². The summed E-state index contributed by atoms with van der Waals surface area (Å²) in [4.78, 5) is 10.7. The van der Waals surface area contributed by atoms with Crippen molar-refractivity contribution >= 4 is 16.3 Å². The van der Waals surface area contributed by atoms with Crippen LogP contribution in [0, 0.1) is 0 Å². The minimum atomic E-state index is -5.17. The van der Waals surface area contributed by atoms with E-state index in [1.807, 2.05) is 0 Å². The molecule has 0 saturated heterocycles. The second-order valence-corrected chi connectivity index (χ2v) is 6.05. The van der Waals surface area contributed by atoms with Gasteiger partial charge in [-0.05, 0) is 6.42 Å². The number of hydrogen-bond acceptors (Lipinski definition) is 6. The molecule has 0 aliphatic carbocycles. The van der Waals surface area contributed by atoms with Crippen LogP contribution in [0.5, 0.6) is 0 Å². The summed E-state index contributed by atoms with van der Waals surface area (Å²) >= 11 is 0. The van der Waals surface area contributed by atoms with E-state index < -0.39 is 10.4 Å². The number of hydrogen-bond donors (Lipinski definition) is 1. The van der Waals surface area contributed by atoms with Crippen molar-refractivity contribution in [2.24, 2.45) is 0 Å². The Labute approximate surface area is 191 Å². The molecule has 0 fully saturated rings. The Bertz CT molecular complexity index is 360. The molecule has 1 amide bonds. The smallest absolute Gasteiger partial charge is 0.759 e.